The second-order valence-electron chi connectivity index (χ2n) is 18.9. The minimum atomic E-state index is -2.23. The van der Waals surface area contributed by atoms with Gasteiger partial charge in [-0.3, -0.25) is 9.59 Å². The van der Waals surface area contributed by atoms with Crippen LogP contribution in [0.1, 0.15) is 74.1 Å². The van der Waals surface area contributed by atoms with Crippen LogP contribution in [0, 0.1) is 5.92 Å². The van der Waals surface area contributed by atoms with Crippen molar-refractivity contribution in [3.63, 3.8) is 0 Å². The Morgan fingerprint density at radius 2 is 1.12 bits per heavy atom. The fraction of sp³-hybridized carbons (Fsp3) is 0.958. The highest BCUT2D eigenvalue weighted by Crippen LogP contribution is 2.34. The highest BCUT2D eigenvalue weighted by Gasteiger charge is 2.54. The van der Waals surface area contributed by atoms with Gasteiger partial charge in [0.1, 0.15) is 73.2 Å². The van der Waals surface area contributed by atoms with Crippen molar-refractivity contribution in [3.05, 3.63) is 0 Å². The number of nitrogens with one attached hydrogen (secondary N) is 2. The third-order valence-electron chi connectivity index (χ3n) is 12.3. The van der Waals surface area contributed by atoms with E-state index in [0.717, 1.165) is 19.8 Å². The molecule has 0 aromatic rings. The van der Waals surface area contributed by atoms with Crippen LogP contribution in [0.25, 0.3) is 0 Å². The standard InChI is InChI=1S/C48H90N2O24/c1-8-12-62-17-19-64-14-10-15-65-20-21-66-16-11-31(54)43(68-24-23-67-22-18-63-13-9-2)41(60)46(61)73-44-32(25-51)72-47(35(38(44)57)50-30(7)53)74-45-33(26-69-48-40(59)39(58)36(55)28(5)70-48)71-42(27(3)4)34(37(45)56)49-29(6)52/h27-28,31-48,51,54-61H,8-26H2,1-7H3,(H,49,52)(H,50,53)/t28-,31+,32?,33?,34?,35?,36+,37+,38+,39?,40?,41?,42-,43-,44+,45+,46-,47-,48+/m0/s1. The van der Waals surface area contributed by atoms with Crippen LogP contribution >= 0.6 is 0 Å². The number of aliphatic hydroxyl groups is 9. The summed E-state index contributed by atoms with van der Waals surface area (Å²) in [5.74, 6) is -1.55. The van der Waals surface area contributed by atoms with Crippen LogP contribution in [-0.2, 0) is 71.2 Å². The number of hydrogen-bond donors (Lipinski definition) is 11. The van der Waals surface area contributed by atoms with E-state index in [4.69, 9.17) is 61.6 Å². The van der Waals surface area contributed by atoms with Crippen molar-refractivity contribution in [2.45, 2.75) is 191 Å². The second kappa shape index (κ2) is 36.3. The lowest BCUT2D eigenvalue weighted by atomic mass is 9.87. The molecule has 0 aromatic carbocycles. The van der Waals surface area contributed by atoms with Crippen molar-refractivity contribution >= 4 is 11.8 Å². The summed E-state index contributed by atoms with van der Waals surface area (Å²) < 4.78 is 75.0. The molecule has 0 saturated carbocycles. The predicted octanol–water partition coefficient (Wildman–Crippen LogP) is -3.40. The third kappa shape index (κ3) is 22.1. The van der Waals surface area contributed by atoms with E-state index in [-0.39, 0.29) is 52.0 Å². The molecule has 11 N–H and O–H groups in total. The molecule has 26 heteroatoms. The molecule has 74 heavy (non-hydrogen) atoms. The summed E-state index contributed by atoms with van der Waals surface area (Å²) >= 11 is 0. The minimum Gasteiger partial charge on any atom is -0.394 e. The largest absolute Gasteiger partial charge is 0.394 e. The molecule has 19 atom stereocenters. The molecular weight excluding hydrogens is 989 g/mol. The van der Waals surface area contributed by atoms with E-state index in [1.807, 2.05) is 13.8 Å². The Labute approximate surface area is 434 Å². The molecule has 0 spiro atoms. The zero-order valence-corrected chi connectivity index (χ0v) is 44.1. The van der Waals surface area contributed by atoms with Crippen molar-refractivity contribution in [2.24, 2.45) is 5.92 Å². The molecule has 2 amide bonds. The van der Waals surface area contributed by atoms with Crippen molar-refractivity contribution < 1.29 is 117 Å². The molecule has 26 nitrogen and oxygen atoms in total. The Morgan fingerprint density at radius 1 is 0.595 bits per heavy atom. The van der Waals surface area contributed by atoms with E-state index >= 15 is 0 Å². The summed E-state index contributed by atoms with van der Waals surface area (Å²) in [5.41, 5.74) is 0. The maximum Gasteiger partial charge on any atom is 0.217 e. The van der Waals surface area contributed by atoms with Crippen molar-refractivity contribution in [2.75, 3.05) is 99.1 Å². The first-order valence-corrected chi connectivity index (χ1v) is 25.9. The van der Waals surface area contributed by atoms with Crippen molar-refractivity contribution in [1.82, 2.24) is 10.6 Å². The molecule has 3 heterocycles. The SMILES string of the molecule is CCCOCCOCCCOCCOCC[C@@H](O)[C@H](OCCOCCOCCC)C(O)[C@@H](O)O[C@@H]1C(CO)O[C@@H](O[C@@H]2C(CO[C@@H]3O[C@@H](C)[C@@H](O)C(O)C3O)O[C@@H](C(C)C)C(NC(C)=O)[C@H]2O)C(NC(C)=O)[C@H]1O. The first-order chi connectivity index (χ1) is 35.4. The van der Waals surface area contributed by atoms with Crippen molar-refractivity contribution in [1.29, 1.82) is 0 Å². The van der Waals surface area contributed by atoms with E-state index < -0.39 is 141 Å². The first kappa shape index (κ1) is 66.3. The molecule has 3 aliphatic rings. The number of ether oxygens (including phenoxy) is 13. The fourth-order valence-electron chi connectivity index (χ4n) is 8.46. The van der Waals surface area contributed by atoms with Gasteiger partial charge in [0, 0.05) is 46.9 Å². The fourth-order valence-corrected chi connectivity index (χ4v) is 8.46. The summed E-state index contributed by atoms with van der Waals surface area (Å²) in [5, 5.41) is 105. The quantitative estimate of drug-likeness (QED) is 0.0212. The molecule has 3 aliphatic heterocycles. The first-order valence-electron chi connectivity index (χ1n) is 25.9. The second-order valence-corrected chi connectivity index (χ2v) is 18.9. The van der Waals surface area contributed by atoms with Gasteiger partial charge in [0.05, 0.1) is 90.4 Å². The summed E-state index contributed by atoms with van der Waals surface area (Å²) in [6.07, 6.45) is -24.2. The molecule has 3 saturated heterocycles. The van der Waals surface area contributed by atoms with Gasteiger partial charge < -0.3 is 118 Å². The average molecular weight is 1080 g/mol. The molecule has 0 radical (unpaired) electrons. The van der Waals surface area contributed by atoms with Gasteiger partial charge in [0.2, 0.25) is 11.8 Å². The van der Waals surface area contributed by atoms with E-state index in [0.29, 0.717) is 52.7 Å². The molecule has 436 valence electrons. The van der Waals surface area contributed by atoms with E-state index in [1.165, 1.54) is 13.8 Å². The molecule has 7 unspecified atom stereocenters. The van der Waals surface area contributed by atoms with Gasteiger partial charge in [0.25, 0.3) is 0 Å². The Kier molecular flexibility index (Phi) is 32.5. The van der Waals surface area contributed by atoms with Crippen LogP contribution in [0.5, 0.6) is 0 Å². The van der Waals surface area contributed by atoms with E-state index in [2.05, 4.69) is 10.6 Å². The van der Waals surface area contributed by atoms with E-state index in [1.54, 1.807) is 13.8 Å². The molecule has 3 fully saturated rings. The monoisotopic (exact) mass is 1080 g/mol. The summed E-state index contributed by atoms with van der Waals surface area (Å²) in [6, 6.07) is -2.68. The lowest BCUT2D eigenvalue weighted by Gasteiger charge is -2.50. The van der Waals surface area contributed by atoms with Crippen LogP contribution in [0.15, 0.2) is 0 Å². The van der Waals surface area contributed by atoms with Gasteiger partial charge in [-0.25, -0.2) is 0 Å². The Morgan fingerprint density at radius 3 is 1.68 bits per heavy atom. The molecule has 3 rings (SSSR count). The van der Waals surface area contributed by atoms with Crippen LogP contribution in [0.4, 0.5) is 0 Å². The van der Waals surface area contributed by atoms with Gasteiger partial charge in [0.15, 0.2) is 18.9 Å². The Bertz CT molecular complexity index is 1500. The number of rotatable bonds is 38. The smallest absolute Gasteiger partial charge is 0.217 e. The molecule has 0 aliphatic carbocycles. The lowest BCUT2D eigenvalue weighted by molar-refractivity contribution is -0.343. The number of carbonyl (C=O) groups excluding carboxylic acids is 2. The number of hydrogen-bond acceptors (Lipinski definition) is 24. The topological polar surface area (TPSA) is 360 Å². The maximum atomic E-state index is 12.7. The molecule has 0 bridgehead atoms. The number of carbonyl (C=O) groups is 2. The normalized spacial score (nSPS) is 32.3. The minimum absolute atomic E-state index is 0.00191. The summed E-state index contributed by atoms with van der Waals surface area (Å²) in [4.78, 5) is 25.1. The van der Waals surface area contributed by atoms with Gasteiger partial charge >= 0.3 is 0 Å². The number of amides is 2. The lowest BCUT2D eigenvalue weighted by Crippen LogP contribution is -2.70. The van der Waals surface area contributed by atoms with Gasteiger partial charge in [-0.1, -0.05) is 27.7 Å². The summed E-state index contributed by atoms with van der Waals surface area (Å²) in [6.45, 7) is 14.2. The van der Waals surface area contributed by atoms with Crippen LogP contribution in [0.2, 0.25) is 0 Å². The van der Waals surface area contributed by atoms with Crippen molar-refractivity contribution in [3.8, 4) is 0 Å². The third-order valence-corrected chi connectivity index (χ3v) is 12.3. The molecule has 0 aromatic heterocycles. The zero-order valence-electron chi connectivity index (χ0n) is 44.1. The highest BCUT2D eigenvalue weighted by atomic mass is 16.7. The highest BCUT2D eigenvalue weighted by molar-refractivity contribution is 5.73. The van der Waals surface area contributed by atoms with E-state index in [9.17, 15) is 55.5 Å². The van der Waals surface area contributed by atoms with Crippen LogP contribution < -0.4 is 10.6 Å². The Balaban J connectivity index is 1.75. The van der Waals surface area contributed by atoms with Gasteiger partial charge in [-0.05, 0) is 38.5 Å². The molecular formula is C48H90N2O24. The van der Waals surface area contributed by atoms with Gasteiger partial charge in [-0.2, -0.15) is 0 Å². The average Bonchev–Trinajstić information content (AvgIpc) is 3.36. The van der Waals surface area contributed by atoms with Gasteiger partial charge in [-0.15, -0.1) is 0 Å². The Hall–Kier alpha value is -1.94. The summed E-state index contributed by atoms with van der Waals surface area (Å²) in [7, 11) is 0. The number of aliphatic hydroxyl groups excluding tert-OH is 9. The van der Waals surface area contributed by atoms with Crippen LogP contribution in [-0.4, -0.2) is 273 Å². The van der Waals surface area contributed by atoms with Crippen LogP contribution in [0.3, 0.4) is 0 Å². The predicted molar refractivity (Wildman–Crippen MR) is 257 cm³/mol. The zero-order chi connectivity index (χ0) is 54.7. The maximum absolute atomic E-state index is 12.7.